The number of carbonyl (C=O) groups is 1. The van der Waals surface area contributed by atoms with Gasteiger partial charge in [0.2, 0.25) is 5.91 Å². The summed E-state index contributed by atoms with van der Waals surface area (Å²) in [5, 5.41) is 4.18. The van der Waals surface area contributed by atoms with Crippen molar-refractivity contribution in [2.45, 2.75) is 37.5 Å². The second kappa shape index (κ2) is 9.07. The Morgan fingerprint density at radius 2 is 2.14 bits per heavy atom. The summed E-state index contributed by atoms with van der Waals surface area (Å²) < 4.78 is 0. The third-order valence-electron chi connectivity index (χ3n) is 3.67. The summed E-state index contributed by atoms with van der Waals surface area (Å²) in [5.41, 5.74) is 0. The SMILES string of the molecule is CCC1CN(C(=NCC(=O)N(C)C)NC2CC2)CCS1.I. The number of amides is 1. The Morgan fingerprint density at radius 3 is 2.71 bits per heavy atom. The molecule has 1 aliphatic carbocycles. The zero-order chi connectivity index (χ0) is 14.5. The number of nitrogens with zero attached hydrogens (tertiary/aromatic N) is 3. The number of hydrogen-bond donors (Lipinski definition) is 1. The Morgan fingerprint density at radius 1 is 1.43 bits per heavy atom. The third kappa shape index (κ3) is 6.22. The molecular formula is C14H27IN4OS. The van der Waals surface area contributed by atoms with Crippen molar-refractivity contribution in [2.24, 2.45) is 4.99 Å². The van der Waals surface area contributed by atoms with Crippen molar-refractivity contribution in [1.29, 1.82) is 0 Å². The molecule has 1 N–H and O–H groups in total. The molecule has 0 radical (unpaired) electrons. The number of guanidine groups is 1. The highest BCUT2D eigenvalue weighted by Gasteiger charge is 2.27. The van der Waals surface area contributed by atoms with Crippen molar-refractivity contribution in [3.05, 3.63) is 0 Å². The lowest BCUT2D eigenvalue weighted by Gasteiger charge is -2.34. The molecule has 0 aromatic rings. The van der Waals surface area contributed by atoms with Gasteiger partial charge in [-0.15, -0.1) is 24.0 Å². The first-order valence-corrected chi connectivity index (χ1v) is 8.52. The Hall–Kier alpha value is -0.180. The molecule has 2 aliphatic rings. The van der Waals surface area contributed by atoms with E-state index in [1.165, 1.54) is 19.3 Å². The van der Waals surface area contributed by atoms with Crippen LogP contribution in [-0.2, 0) is 4.79 Å². The van der Waals surface area contributed by atoms with E-state index in [2.05, 4.69) is 22.1 Å². The predicted molar refractivity (Wildman–Crippen MR) is 101 cm³/mol. The van der Waals surface area contributed by atoms with Gasteiger partial charge in [0.25, 0.3) is 0 Å². The lowest BCUT2D eigenvalue weighted by molar-refractivity contribution is -0.127. The van der Waals surface area contributed by atoms with Crippen LogP contribution in [0.2, 0.25) is 0 Å². The van der Waals surface area contributed by atoms with Crippen molar-refractivity contribution in [3.8, 4) is 0 Å². The van der Waals surface area contributed by atoms with Crippen LogP contribution in [0.1, 0.15) is 26.2 Å². The van der Waals surface area contributed by atoms with Crippen molar-refractivity contribution in [3.63, 3.8) is 0 Å². The maximum absolute atomic E-state index is 11.7. The number of thioether (sulfide) groups is 1. The maximum Gasteiger partial charge on any atom is 0.243 e. The fourth-order valence-electron chi connectivity index (χ4n) is 2.09. The van der Waals surface area contributed by atoms with E-state index >= 15 is 0 Å². The summed E-state index contributed by atoms with van der Waals surface area (Å²) in [6.45, 7) is 4.54. The summed E-state index contributed by atoms with van der Waals surface area (Å²) in [5.74, 6) is 2.13. The van der Waals surface area contributed by atoms with Gasteiger partial charge < -0.3 is 15.1 Å². The Bertz CT molecular complexity index is 374. The molecule has 2 fully saturated rings. The fourth-order valence-corrected chi connectivity index (χ4v) is 3.27. The minimum atomic E-state index is 0. The summed E-state index contributed by atoms with van der Waals surface area (Å²) in [7, 11) is 3.55. The number of aliphatic imine (C=N–C) groups is 1. The van der Waals surface area contributed by atoms with Crippen LogP contribution >= 0.6 is 35.7 Å². The van der Waals surface area contributed by atoms with Gasteiger partial charge in [0.1, 0.15) is 6.54 Å². The molecule has 2 rings (SSSR count). The molecule has 0 aromatic heterocycles. The number of likely N-dealkylation sites (N-methyl/N-ethyl adjacent to an activating group) is 1. The van der Waals surface area contributed by atoms with Gasteiger partial charge in [-0.1, -0.05) is 6.92 Å². The number of carbonyl (C=O) groups excluding carboxylic acids is 1. The van der Waals surface area contributed by atoms with Gasteiger partial charge in [-0.05, 0) is 19.3 Å². The number of hydrogen-bond acceptors (Lipinski definition) is 3. The molecule has 7 heteroatoms. The Kier molecular flexibility index (Phi) is 8.15. The summed E-state index contributed by atoms with van der Waals surface area (Å²) in [4.78, 5) is 20.2. The molecule has 1 saturated carbocycles. The van der Waals surface area contributed by atoms with E-state index in [0.717, 1.165) is 24.8 Å². The van der Waals surface area contributed by atoms with Crippen molar-refractivity contribution in [1.82, 2.24) is 15.1 Å². The van der Waals surface area contributed by atoms with Crippen molar-refractivity contribution < 1.29 is 4.79 Å². The molecule has 21 heavy (non-hydrogen) atoms. The highest BCUT2D eigenvalue weighted by atomic mass is 127. The molecular weight excluding hydrogens is 399 g/mol. The van der Waals surface area contributed by atoms with Crippen molar-refractivity contribution >= 4 is 47.6 Å². The number of rotatable bonds is 4. The van der Waals surface area contributed by atoms with Crippen LogP contribution in [-0.4, -0.2) is 72.4 Å². The lowest BCUT2D eigenvalue weighted by atomic mass is 10.3. The molecule has 5 nitrogen and oxygen atoms in total. The average Bonchev–Trinajstić information content (AvgIpc) is 3.27. The van der Waals surface area contributed by atoms with Gasteiger partial charge in [-0.2, -0.15) is 11.8 Å². The summed E-state index contributed by atoms with van der Waals surface area (Å²) in [6.07, 6.45) is 3.63. The van der Waals surface area contributed by atoms with Crippen LogP contribution in [0.5, 0.6) is 0 Å². The van der Waals surface area contributed by atoms with E-state index in [-0.39, 0.29) is 36.4 Å². The fraction of sp³-hybridized carbons (Fsp3) is 0.857. The normalized spacial score (nSPS) is 22.5. The van der Waals surface area contributed by atoms with Gasteiger partial charge in [-0.25, -0.2) is 4.99 Å². The molecule has 1 heterocycles. The largest absolute Gasteiger partial charge is 0.353 e. The minimum absolute atomic E-state index is 0. The molecule has 1 amide bonds. The smallest absolute Gasteiger partial charge is 0.243 e. The standard InChI is InChI=1S/C14H26N4OS.HI/c1-4-12-10-18(7-8-20-12)14(16-11-5-6-11)15-9-13(19)17(2)3;/h11-12H,4-10H2,1-3H3,(H,15,16);1H. The average molecular weight is 426 g/mol. The van der Waals surface area contributed by atoms with Crippen LogP contribution in [0.3, 0.4) is 0 Å². The summed E-state index contributed by atoms with van der Waals surface area (Å²) in [6, 6.07) is 0.567. The van der Waals surface area contributed by atoms with Crippen molar-refractivity contribution in [2.75, 3.05) is 39.5 Å². The van der Waals surface area contributed by atoms with E-state index in [1.54, 1.807) is 19.0 Å². The first-order chi connectivity index (χ1) is 9.60. The van der Waals surface area contributed by atoms with Crippen LogP contribution in [0.4, 0.5) is 0 Å². The van der Waals surface area contributed by atoms with E-state index in [0.29, 0.717) is 11.3 Å². The lowest BCUT2D eigenvalue weighted by Crippen LogP contribution is -2.49. The third-order valence-corrected chi connectivity index (χ3v) is 5.04. The molecule has 0 aromatic carbocycles. The molecule has 1 unspecified atom stereocenters. The number of nitrogens with one attached hydrogen (secondary N) is 1. The van der Waals surface area contributed by atoms with E-state index in [4.69, 9.17) is 0 Å². The van der Waals surface area contributed by atoms with E-state index in [1.807, 2.05) is 11.8 Å². The molecule has 0 bridgehead atoms. The Labute approximate surface area is 149 Å². The molecule has 0 spiro atoms. The maximum atomic E-state index is 11.7. The second-order valence-corrected chi connectivity index (χ2v) is 7.10. The van der Waals surface area contributed by atoms with E-state index in [9.17, 15) is 4.79 Å². The van der Waals surface area contributed by atoms with Crippen LogP contribution in [0, 0.1) is 0 Å². The van der Waals surface area contributed by atoms with E-state index < -0.39 is 0 Å². The zero-order valence-electron chi connectivity index (χ0n) is 13.2. The van der Waals surface area contributed by atoms with Crippen LogP contribution in [0.15, 0.2) is 4.99 Å². The summed E-state index contributed by atoms with van der Waals surface area (Å²) >= 11 is 2.05. The zero-order valence-corrected chi connectivity index (χ0v) is 16.3. The highest BCUT2D eigenvalue weighted by molar-refractivity contribution is 14.0. The molecule has 122 valence electrons. The van der Waals surface area contributed by atoms with Gasteiger partial charge in [0.15, 0.2) is 5.96 Å². The molecule has 1 atom stereocenters. The molecule has 1 saturated heterocycles. The predicted octanol–water partition coefficient (Wildman–Crippen LogP) is 1.63. The first kappa shape index (κ1) is 18.9. The van der Waals surface area contributed by atoms with Gasteiger partial charge in [0, 0.05) is 44.2 Å². The Balaban J connectivity index is 0.00000220. The van der Waals surface area contributed by atoms with Crippen LogP contribution in [0.25, 0.3) is 0 Å². The quantitative estimate of drug-likeness (QED) is 0.422. The van der Waals surface area contributed by atoms with Gasteiger partial charge in [-0.3, -0.25) is 4.79 Å². The highest BCUT2D eigenvalue weighted by Crippen LogP contribution is 2.23. The van der Waals surface area contributed by atoms with Gasteiger partial charge in [0.05, 0.1) is 0 Å². The van der Waals surface area contributed by atoms with Gasteiger partial charge >= 0.3 is 0 Å². The number of halogens is 1. The minimum Gasteiger partial charge on any atom is -0.353 e. The molecule has 1 aliphatic heterocycles. The second-order valence-electron chi connectivity index (χ2n) is 5.69. The monoisotopic (exact) mass is 426 g/mol. The topological polar surface area (TPSA) is 47.9 Å². The first-order valence-electron chi connectivity index (χ1n) is 7.47. The van der Waals surface area contributed by atoms with Crippen LogP contribution < -0.4 is 5.32 Å².